The van der Waals surface area contributed by atoms with Gasteiger partial charge >= 0.3 is 0 Å². The molecular weight excluding hydrogens is 504 g/mol. The summed E-state index contributed by atoms with van der Waals surface area (Å²) in [6.07, 6.45) is 7.10. The van der Waals surface area contributed by atoms with Gasteiger partial charge in [0, 0.05) is 56.1 Å². The average molecular weight is 521 g/mol. The van der Waals surface area contributed by atoms with Crippen LogP contribution in [0.15, 0.2) is 106 Å². The summed E-state index contributed by atoms with van der Waals surface area (Å²) in [6, 6.07) is 24.7. The van der Waals surface area contributed by atoms with Crippen LogP contribution in [0, 0.1) is 0 Å². The molecule has 0 spiro atoms. The normalized spacial score (nSPS) is 12.1. The molecule has 0 unspecified atom stereocenters. The van der Waals surface area contributed by atoms with Gasteiger partial charge in [-0.3, -0.25) is 9.97 Å². The number of thiophene rings is 1. The van der Waals surface area contributed by atoms with Gasteiger partial charge < -0.3 is 8.83 Å². The van der Waals surface area contributed by atoms with Crippen molar-refractivity contribution in [2.75, 3.05) is 0 Å². The highest BCUT2D eigenvalue weighted by Crippen LogP contribution is 2.44. The molecule has 2 aromatic carbocycles. The molecule has 7 heteroatoms. The van der Waals surface area contributed by atoms with E-state index in [0.717, 1.165) is 66.7 Å². The van der Waals surface area contributed by atoms with E-state index in [0.29, 0.717) is 0 Å². The van der Waals surface area contributed by atoms with Gasteiger partial charge in [0.25, 0.3) is 0 Å². The summed E-state index contributed by atoms with van der Waals surface area (Å²) in [4.78, 5) is 18.6. The van der Waals surface area contributed by atoms with Crippen LogP contribution in [0.25, 0.3) is 86.8 Å². The first-order valence-electron chi connectivity index (χ1n) is 12.5. The van der Waals surface area contributed by atoms with Crippen molar-refractivity contribution >= 4 is 75.6 Å². The third-order valence-corrected chi connectivity index (χ3v) is 8.59. The molecule has 0 saturated heterocycles. The van der Waals surface area contributed by atoms with E-state index < -0.39 is 0 Å². The molecule has 0 bridgehead atoms. The van der Waals surface area contributed by atoms with Gasteiger partial charge in [0.15, 0.2) is 11.2 Å². The first-order chi connectivity index (χ1) is 19.3. The quantitative estimate of drug-likeness (QED) is 0.227. The highest BCUT2D eigenvalue weighted by Gasteiger charge is 2.17. The summed E-state index contributed by atoms with van der Waals surface area (Å²) in [5.41, 5.74) is 8.76. The Morgan fingerprint density at radius 2 is 1.00 bits per heavy atom. The van der Waals surface area contributed by atoms with Gasteiger partial charge in [0.05, 0.1) is 22.2 Å². The van der Waals surface area contributed by atoms with E-state index in [1.165, 1.54) is 20.2 Å². The van der Waals surface area contributed by atoms with Crippen LogP contribution >= 0.6 is 11.3 Å². The molecule has 7 heterocycles. The van der Waals surface area contributed by atoms with Crippen molar-refractivity contribution < 1.29 is 8.83 Å². The first kappa shape index (κ1) is 20.9. The molecule has 7 aromatic heterocycles. The van der Waals surface area contributed by atoms with E-state index in [4.69, 9.17) is 18.8 Å². The van der Waals surface area contributed by atoms with Crippen LogP contribution in [-0.4, -0.2) is 19.9 Å². The highest BCUT2D eigenvalue weighted by atomic mass is 32.1. The fourth-order valence-corrected chi connectivity index (χ4v) is 6.85. The van der Waals surface area contributed by atoms with Crippen LogP contribution in [0.2, 0.25) is 0 Å². The standard InChI is InChI=1S/C32H16N4O2S/c1-3-17-18-4-2-6-20(24-8-10-28-30(36-24)22-16-34-14-12-26(22)38-28)32(18)39-31(17)19(5-1)23-7-9-27-29(35-23)21-15-33-13-11-25(21)37-27/h1-16H. The summed E-state index contributed by atoms with van der Waals surface area (Å²) in [5.74, 6) is 0. The minimum Gasteiger partial charge on any atom is -0.454 e. The van der Waals surface area contributed by atoms with E-state index >= 15 is 0 Å². The topological polar surface area (TPSA) is 77.8 Å². The van der Waals surface area contributed by atoms with Crippen LogP contribution < -0.4 is 0 Å². The Bertz CT molecular complexity index is 2250. The smallest absolute Gasteiger partial charge is 0.153 e. The zero-order valence-electron chi connectivity index (χ0n) is 20.3. The van der Waals surface area contributed by atoms with Gasteiger partial charge in [-0.05, 0) is 36.4 Å². The van der Waals surface area contributed by atoms with Gasteiger partial charge in [-0.2, -0.15) is 0 Å². The minimum absolute atomic E-state index is 0.760. The lowest BCUT2D eigenvalue weighted by atomic mass is 10.0. The number of pyridine rings is 4. The van der Waals surface area contributed by atoms with Crippen LogP contribution in [0.4, 0.5) is 0 Å². The second-order valence-corrected chi connectivity index (χ2v) is 10.5. The summed E-state index contributed by atoms with van der Waals surface area (Å²) in [5, 5.41) is 4.25. The maximum absolute atomic E-state index is 5.98. The number of fused-ring (bicyclic) bond motifs is 9. The Balaban J connectivity index is 1.27. The molecule has 0 saturated carbocycles. The van der Waals surface area contributed by atoms with Gasteiger partial charge in [-0.15, -0.1) is 11.3 Å². The van der Waals surface area contributed by atoms with Crippen molar-refractivity contribution in [2.24, 2.45) is 0 Å². The predicted molar refractivity (Wildman–Crippen MR) is 156 cm³/mol. The fourth-order valence-electron chi connectivity index (χ4n) is 5.50. The van der Waals surface area contributed by atoms with Gasteiger partial charge in [-0.1, -0.05) is 36.4 Å². The monoisotopic (exact) mass is 520 g/mol. The zero-order chi connectivity index (χ0) is 25.5. The van der Waals surface area contributed by atoms with Crippen molar-refractivity contribution in [2.45, 2.75) is 0 Å². The molecule has 182 valence electrons. The highest BCUT2D eigenvalue weighted by molar-refractivity contribution is 7.26. The number of hydrogen-bond acceptors (Lipinski definition) is 7. The lowest BCUT2D eigenvalue weighted by molar-refractivity contribution is 0.667. The molecule has 0 aliphatic rings. The Labute approximate surface area is 224 Å². The van der Waals surface area contributed by atoms with Crippen LogP contribution in [-0.2, 0) is 0 Å². The Hall–Kier alpha value is -5.14. The number of hydrogen-bond donors (Lipinski definition) is 0. The van der Waals surface area contributed by atoms with Crippen molar-refractivity contribution in [3.63, 3.8) is 0 Å². The number of nitrogens with zero attached hydrogens (tertiary/aromatic N) is 4. The van der Waals surface area contributed by atoms with Gasteiger partial charge in [0.2, 0.25) is 0 Å². The first-order valence-corrected chi connectivity index (χ1v) is 13.3. The third-order valence-electron chi connectivity index (χ3n) is 7.30. The Kier molecular flexibility index (Phi) is 4.11. The van der Waals surface area contributed by atoms with Crippen LogP contribution in [0.3, 0.4) is 0 Å². The van der Waals surface area contributed by atoms with E-state index in [9.17, 15) is 0 Å². The van der Waals surface area contributed by atoms with Crippen molar-refractivity contribution in [1.29, 1.82) is 0 Å². The Morgan fingerprint density at radius 3 is 1.51 bits per heavy atom. The summed E-state index contributed by atoms with van der Waals surface area (Å²) in [7, 11) is 0. The number of aromatic nitrogens is 4. The predicted octanol–water partition coefficient (Wildman–Crippen LogP) is 8.77. The van der Waals surface area contributed by atoms with E-state index in [-0.39, 0.29) is 0 Å². The fraction of sp³-hybridized carbons (Fsp3) is 0. The molecule has 9 aromatic rings. The second-order valence-electron chi connectivity index (χ2n) is 9.50. The minimum atomic E-state index is 0.760. The Morgan fingerprint density at radius 1 is 0.487 bits per heavy atom. The molecule has 6 nitrogen and oxygen atoms in total. The number of benzene rings is 2. The largest absolute Gasteiger partial charge is 0.454 e. The molecule has 39 heavy (non-hydrogen) atoms. The lowest BCUT2D eigenvalue weighted by Gasteiger charge is -2.03. The number of rotatable bonds is 2. The number of furan rings is 2. The average Bonchev–Trinajstić information content (AvgIpc) is 3.67. The second kappa shape index (κ2) is 7.69. The van der Waals surface area contributed by atoms with Crippen LogP contribution in [0.5, 0.6) is 0 Å². The van der Waals surface area contributed by atoms with E-state index in [1.54, 1.807) is 23.7 Å². The summed E-state index contributed by atoms with van der Waals surface area (Å²) < 4.78 is 14.3. The van der Waals surface area contributed by atoms with Crippen molar-refractivity contribution in [1.82, 2.24) is 19.9 Å². The van der Waals surface area contributed by atoms with Gasteiger partial charge in [0.1, 0.15) is 22.2 Å². The molecule has 0 aliphatic carbocycles. The zero-order valence-corrected chi connectivity index (χ0v) is 21.1. The molecule has 0 atom stereocenters. The molecule has 0 amide bonds. The summed E-state index contributed by atoms with van der Waals surface area (Å²) in [6.45, 7) is 0. The van der Waals surface area contributed by atoms with Crippen molar-refractivity contribution in [3.8, 4) is 22.5 Å². The van der Waals surface area contributed by atoms with Gasteiger partial charge in [-0.25, -0.2) is 9.97 Å². The molecule has 0 fully saturated rings. The third kappa shape index (κ3) is 2.96. The van der Waals surface area contributed by atoms with Crippen LogP contribution in [0.1, 0.15) is 0 Å². The SMILES string of the molecule is c1cc(-c2ccc3oc4ccncc4c3n2)c2sc3c(-c4ccc5oc6ccncc6c5n4)cccc3c2c1. The van der Waals surface area contributed by atoms with E-state index in [2.05, 4.69) is 46.4 Å². The molecular formula is C32H16N4O2S. The lowest BCUT2D eigenvalue weighted by Crippen LogP contribution is -1.84. The maximum atomic E-state index is 5.98. The molecule has 0 N–H and O–H groups in total. The molecule has 9 rings (SSSR count). The molecule has 0 radical (unpaired) electrons. The van der Waals surface area contributed by atoms with E-state index in [1.807, 2.05) is 48.8 Å². The maximum Gasteiger partial charge on any atom is 0.153 e. The molecule has 0 aliphatic heterocycles. The summed E-state index contributed by atoms with van der Waals surface area (Å²) >= 11 is 1.78. The van der Waals surface area contributed by atoms with Crippen molar-refractivity contribution in [3.05, 3.63) is 97.6 Å².